The van der Waals surface area contributed by atoms with E-state index in [2.05, 4.69) is 12.2 Å². The van der Waals surface area contributed by atoms with Crippen molar-refractivity contribution in [3.05, 3.63) is 11.8 Å². The van der Waals surface area contributed by atoms with E-state index in [9.17, 15) is 4.79 Å². The summed E-state index contributed by atoms with van der Waals surface area (Å²) in [5.41, 5.74) is 0.141. The van der Waals surface area contributed by atoms with Crippen LogP contribution in [0.5, 0.6) is 0 Å². The second-order valence-corrected chi connectivity index (χ2v) is 4.68. The quantitative estimate of drug-likeness (QED) is 0.427. The van der Waals surface area contributed by atoms with Gasteiger partial charge < -0.3 is 15.3 Å². The zero-order valence-corrected chi connectivity index (χ0v) is 10.9. The lowest BCUT2D eigenvalue weighted by molar-refractivity contribution is -0.128. The minimum Gasteiger partial charge on any atom is -0.396 e. The van der Waals surface area contributed by atoms with Gasteiger partial charge in [0.15, 0.2) is 0 Å². The van der Waals surface area contributed by atoms with Crippen molar-refractivity contribution >= 4 is 5.91 Å². The lowest BCUT2D eigenvalue weighted by Gasteiger charge is -2.30. The summed E-state index contributed by atoms with van der Waals surface area (Å²) in [6.07, 6.45) is 4.06. The molecule has 0 aromatic carbocycles. The summed E-state index contributed by atoms with van der Waals surface area (Å²) in [6.45, 7) is 4.30. The number of nitriles is 1. The average molecular weight is 251 g/mol. The maximum absolute atomic E-state index is 12.0. The molecule has 1 amide bonds. The van der Waals surface area contributed by atoms with Crippen LogP contribution in [0, 0.1) is 17.2 Å². The van der Waals surface area contributed by atoms with E-state index >= 15 is 0 Å². The molecular formula is C13H21N3O2. The van der Waals surface area contributed by atoms with E-state index in [1.165, 1.54) is 6.20 Å². The third kappa shape index (κ3) is 4.38. The highest BCUT2D eigenvalue weighted by molar-refractivity contribution is 5.97. The number of hydrogen-bond donors (Lipinski definition) is 2. The summed E-state index contributed by atoms with van der Waals surface area (Å²) in [5.74, 6) is 0.465. The van der Waals surface area contributed by atoms with Gasteiger partial charge in [-0.3, -0.25) is 4.79 Å². The fourth-order valence-electron chi connectivity index (χ4n) is 1.88. The van der Waals surface area contributed by atoms with Crippen LogP contribution >= 0.6 is 0 Å². The Morgan fingerprint density at radius 1 is 1.56 bits per heavy atom. The molecule has 0 atom stereocenters. The van der Waals surface area contributed by atoms with Crippen molar-refractivity contribution in [3.63, 3.8) is 0 Å². The van der Waals surface area contributed by atoms with E-state index in [1.54, 1.807) is 4.90 Å². The fraction of sp³-hybridized carbons (Fsp3) is 0.692. The maximum atomic E-state index is 12.0. The molecule has 0 aromatic heterocycles. The van der Waals surface area contributed by atoms with Crippen molar-refractivity contribution in [2.75, 3.05) is 26.2 Å². The second-order valence-electron chi connectivity index (χ2n) is 4.68. The van der Waals surface area contributed by atoms with Crippen LogP contribution in [0.2, 0.25) is 0 Å². The van der Waals surface area contributed by atoms with Crippen LogP contribution in [-0.2, 0) is 4.79 Å². The van der Waals surface area contributed by atoms with E-state index in [1.807, 2.05) is 6.07 Å². The number of nitrogens with zero attached hydrogens (tertiary/aromatic N) is 2. The molecule has 1 heterocycles. The third-order valence-corrected chi connectivity index (χ3v) is 3.15. The van der Waals surface area contributed by atoms with E-state index in [0.29, 0.717) is 18.9 Å². The number of carbonyl (C=O) groups is 1. The Morgan fingerprint density at radius 3 is 2.78 bits per heavy atom. The Hall–Kier alpha value is -1.54. The van der Waals surface area contributed by atoms with Crippen LogP contribution in [-0.4, -0.2) is 42.2 Å². The van der Waals surface area contributed by atoms with Gasteiger partial charge in [-0.25, -0.2) is 0 Å². The van der Waals surface area contributed by atoms with Gasteiger partial charge >= 0.3 is 0 Å². The highest BCUT2D eigenvalue weighted by Gasteiger charge is 2.22. The zero-order chi connectivity index (χ0) is 13.4. The summed E-state index contributed by atoms with van der Waals surface area (Å²) >= 11 is 0. The molecule has 0 radical (unpaired) electrons. The van der Waals surface area contributed by atoms with Gasteiger partial charge in [-0.2, -0.15) is 5.26 Å². The molecule has 1 fully saturated rings. The van der Waals surface area contributed by atoms with Crippen molar-refractivity contribution in [1.29, 1.82) is 5.26 Å². The first-order chi connectivity index (χ1) is 8.69. The first-order valence-corrected chi connectivity index (χ1v) is 6.42. The lowest BCUT2D eigenvalue weighted by Crippen LogP contribution is -2.38. The molecule has 5 heteroatoms. The Kier molecular flexibility index (Phi) is 6.23. The van der Waals surface area contributed by atoms with E-state index in [0.717, 1.165) is 25.9 Å². The number of aliphatic hydroxyl groups excluding tert-OH is 1. The lowest BCUT2D eigenvalue weighted by atomic mass is 9.99. The number of piperidine rings is 1. The van der Waals surface area contributed by atoms with E-state index < -0.39 is 0 Å². The molecule has 1 rings (SSSR count). The van der Waals surface area contributed by atoms with Crippen LogP contribution in [0.4, 0.5) is 0 Å². The maximum Gasteiger partial charge on any atom is 0.265 e. The molecule has 1 aliphatic rings. The average Bonchev–Trinajstić information content (AvgIpc) is 2.39. The predicted molar refractivity (Wildman–Crippen MR) is 68.4 cm³/mol. The smallest absolute Gasteiger partial charge is 0.265 e. The SMILES string of the molecule is CC1CCN(C(=O)/C(C#N)=C\NCCCO)CC1. The number of likely N-dealkylation sites (tertiary alicyclic amines) is 1. The molecule has 0 saturated carbocycles. The topological polar surface area (TPSA) is 76.4 Å². The fourth-order valence-corrected chi connectivity index (χ4v) is 1.88. The first-order valence-electron chi connectivity index (χ1n) is 6.42. The largest absolute Gasteiger partial charge is 0.396 e. The minimum absolute atomic E-state index is 0.0979. The van der Waals surface area contributed by atoms with Crippen LogP contribution in [0.3, 0.4) is 0 Å². The van der Waals surface area contributed by atoms with Gasteiger partial charge in [-0.05, 0) is 25.2 Å². The van der Waals surface area contributed by atoms with Gasteiger partial charge in [-0.1, -0.05) is 6.92 Å². The molecule has 5 nitrogen and oxygen atoms in total. The summed E-state index contributed by atoms with van der Waals surface area (Å²) in [5, 5.41) is 20.5. The Labute approximate surface area is 108 Å². The Bertz CT molecular complexity index is 339. The molecule has 0 bridgehead atoms. The Morgan fingerprint density at radius 2 is 2.22 bits per heavy atom. The molecule has 0 aliphatic carbocycles. The number of aliphatic hydroxyl groups is 1. The number of nitrogens with one attached hydrogen (secondary N) is 1. The molecular weight excluding hydrogens is 230 g/mol. The number of carbonyl (C=O) groups excluding carboxylic acids is 1. The van der Waals surface area contributed by atoms with Crippen LogP contribution in [0.1, 0.15) is 26.2 Å². The van der Waals surface area contributed by atoms with Gasteiger partial charge in [0.25, 0.3) is 5.91 Å². The molecule has 100 valence electrons. The minimum atomic E-state index is -0.194. The zero-order valence-electron chi connectivity index (χ0n) is 10.9. The normalized spacial score (nSPS) is 17.4. The van der Waals surface area contributed by atoms with Crippen molar-refractivity contribution < 1.29 is 9.90 Å². The number of amides is 1. The molecule has 1 saturated heterocycles. The molecule has 18 heavy (non-hydrogen) atoms. The standard InChI is InChI=1S/C13H21N3O2/c1-11-3-6-16(7-4-11)13(18)12(9-14)10-15-5-2-8-17/h10-11,15,17H,2-8H2,1H3/b12-10-. The molecule has 0 aromatic rings. The van der Waals surface area contributed by atoms with Crippen molar-refractivity contribution in [2.45, 2.75) is 26.2 Å². The summed E-state index contributed by atoms with van der Waals surface area (Å²) in [4.78, 5) is 13.8. The molecule has 0 spiro atoms. The predicted octanol–water partition coefficient (Wildman–Crippen LogP) is 0.624. The first kappa shape index (κ1) is 14.5. The van der Waals surface area contributed by atoms with E-state index in [-0.39, 0.29) is 18.1 Å². The van der Waals surface area contributed by atoms with Crippen molar-refractivity contribution in [3.8, 4) is 6.07 Å². The highest BCUT2D eigenvalue weighted by atomic mass is 16.3. The molecule has 2 N–H and O–H groups in total. The third-order valence-electron chi connectivity index (χ3n) is 3.15. The monoisotopic (exact) mass is 251 g/mol. The Balaban J connectivity index is 2.49. The summed E-state index contributed by atoms with van der Waals surface area (Å²) in [7, 11) is 0. The molecule has 0 unspecified atom stereocenters. The second kappa shape index (κ2) is 7.72. The van der Waals surface area contributed by atoms with Crippen molar-refractivity contribution in [2.24, 2.45) is 5.92 Å². The highest BCUT2D eigenvalue weighted by Crippen LogP contribution is 2.17. The summed E-state index contributed by atoms with van der Waals surface area (Å²) in [6, 6.07) is 1.93. The van der Waals surface area contributed by atoms with Crippen LogP contribution < -0.4 is 5.32 Å². The van der Waals surface area contributed by atoms with Gasteiger partial charge in [0, 0.05) is 32.4 Å². The number of rotatable bonds is 5. The van der Waals surface area contributed by atoms with E-state index in [4.69, 9.17) is 10.4 Å². The van der Waals surface area contributed by atoms with Crippen molar-refractivity contribution in [1.82, 2.24) is 10.2 Å². The van der Waals surface area contributed by atoms with Gasteiger partial charge in [0.2, 0.25) is 0 Å². The van der Waals surface area contributed by atoms with Gasteiger partial charge in [-0.15, -0.1) is 0 Å². The number of hydrogen-bond acceptors (Lipinski definition) is 4. The molecule has 1 aliphatic heterocycles. The van der Waals surface area contributed by atoms with Crippen LogP contribution in [0.15, 0.2) is 11.8 Å². The summed E-state index contributed by atoms with van der Waals surface area (Å²) < 4.78 is 0. The van der Waals surface area contributed by atoms with Gasteiger partial charge in [0.05, 0.1) is 0 Å². The van der Waals surface area contributed by atoms with Crippen LogP contribution in [0.25, 0.3) is 0 Å². The van der Waals surface area contributed by atoms with Gasteiger partial charge in [0.1, 0.15) is 11.6 Å².